The lowest BCUT2D eigenvalue weighted by molar-refractivity contribution is -0.385. The molecule has 226 valence electrons. The fourth-order valence-electron chi connectivity index (χ4n) is 4.10. The Balaban J connectivity index is 1.24. The molecule has 0 spiro atoms. The molecule has 1 heterocycles. The maximum atomic E-state index is 13.3. The van der Waals surface area contributed by atoms with Gasteiger partial charge in [-0.25, -0.2) is 4.98 Å². The van der Waals surface area contributed by atoms with Crippen LogP contribution in [0.5, 0.6) is 5.75 Å². The number of hydrogen-bond acceptors (Lipinski definition) is 9. The van der Waals surface area contributed by atoms with Crippen molar-refractivity contribution in [2.75, 3.05) is 23.5 Å². The molecule has 0 bridgehead atoms. The predicted octanol–water partition coefficient (Wildman–Crippen LogP) is 6.35. The number of para-hydroxylation sites is 1. The van der Waals surface area contributed by atoms with Crippen molar-refractivity contribution >= 4 is 73.6 Å². The molecule has 0 radical (unpaired) electrons. The molecule has 0 fully saturated rings. The molecule has 11 nitrogen and oxygen atoms in total. The standard InChI is InChI=1S/C32H25N5O6S2/c1-43-23-13-16-25-28(18-23)45-32(35-25)36-29(38)19-44-24-14-11-22(12-15-24)33-31(40)26(34-30(39)20-7-3-2-4-8-20)17-21-9-5-6-10-27(21)37(41)42/h2-18H,19H2,1H3,(H,33,40)(H,34,39)(H,35,36,38)/b26-17-. The molecular formula is C32H25N5O6S2. The number of benzene rings is 4. The lowest BCUT2D eigenvalue weighted by Crippen LogP contribution is -2.30. The van der Waals surface area contributed by atoms with Crippen LogP contribution in [0.1, 0.15) is 15.9 Å². The highest BCUT2D eigenvalue weighted by Crippen LogP contribution is 2.29. The molecule has 5 aromatic rings. The van der Waals surface area contributed by atoms with Crippen LogP contribution in [-0.2, 0) is 9.59 Å². The van der Waals surface area contributed by atoms with Crippen LogP contribution in [0.15, 0.2) is 108 Å². The predicted molar refractivity (Wildman–Crippen MR) is 176 cm³/mol. The normalized spacial score (nSPS) is 11.1. The Morgan fingerprint density at radius 3 is 2.42 bits per heavy atom. The number of amides is 3. The van der Waals surface area contributed by atoms with Gasteiger partial charge in [0.2, 0.25) is 5.91 Å². The zero-order valence-corrected chi connectivity index (χ0v) is 25.3. The van der Waals surface area contributed by atoms with Crippen molar-refractivity contribution in [3.05, 3.63) is 124 Å². The second-order valence-corrected chi connectivity index (χ2v) is 11.4. The van der Waals surface area contributed by atoms with E-state index >= 15 is 0 Å². The summed E-state index contributed by atoms with van der Waals surface area (Å²) in [6.45, 7) is 0. The summed E-state index contributed by atoms with van der Waals surface area (Å²) in [5.74, 6) is -0.595. The Labute approximate surface area is 265 Å². The number of methoxy groups -OCH3 is 1. The summed E-state index contributed by atoms with van der Waals surface area (Å²) in [4.78, 5) is 54.9. The Morgan fingerprint density at radius 1 is 0.956 bits per heavy atom. The van der Waals surface area contributed by atoms with E-state index in [-0.39, 0.29) is 28.6 Å². The summed E-state index contributed by atoms with van der Waals surface area (Å²) in [6.07, 6.45) is 1.26. The van der Waals surface area contributed by atoms with E-state index < -0.39 is 16.7 Å². The zero-order chi connectivity index (χ0) is 31.8. The van der Waals surface area contributed by atoms with E-state index in [1.807, 2.05) is 18.2 Å². The maximum absolute atomic E-state index is 13.3. The monoisotopic (exact) mass is 639 g/mol. The van der Waals surface area contributed by atoms with Crippen LogP contribution in [-0.4, -0.2) is 40.5 Å². The van der Waals surface area contributed by atoms with Gasteiger partial charge in [-0.1, -0.05) is 41.7 Å². The minimum Gasteiger partial charge on any atom is -0.497 e. The molecule has 0 aliphatic heterocycles. The van der Waals surface area contributed by atoms with Crippen molar-refractivity contribution < 1.29 is 24.0 Å². The first kappa shape index (κ1) is 30.9. The Kier molecular flexibility index (Phi) is 9.82. The molecule has 3 N–H and O–H groups in total. The molecule has 0 saturated carbocycles. The summed E-state index contributed by atoms with van der Waals surface area (Å²) in [7, 11) is 1.59. The zero-order valence-electron chi connectivity index (χ0n) is 23.7. The van der Waals surface area contributed by atoms with Crippen molar-refractivity contribution in [3.8, 4) is 5.75 Å². The van der Waals surface area contributed by atoms with E-state index in [4.69, 9.17) is 4.74 Å². The van der Waals surface area contributed by atoms with E-state index in [2.05, 4.69) is 20.9 Å². The molecule has 1 aromatic heterocycles. The van der Waals surface area contributed by atoms with Crippen LogP contribution in [0.3, 0.4) is 0 Å². The van der Waals surface area contributed by atoms with Crippen molar-refractivity contribution in [2.45, 2.75) is 4.90 Å². The average Bonchev–Trinajstić information content (AvgIpc) is 3.45. The van der Waals surface area contributed by atoms with E-state index in [0.29, 0.717) is 22.1 Å². The molecule has 13 heteroatoms. The number of carbonyl (C=O) groups is 3. The number of rotatable bonds is 11. The van der Waals surface area contributed by atoms with Crippen molar-refractivity contribution in [1.82, 2.24) is 10.3 Å². The summed E-state index contributed by atoms with van der Waals surface area (Å²) in [5, 5.41) is 20.1. The van der Waals surface area contributed by atoms with Gasteiger partial charge in [-0.3, -0.25) is 24.5 Å². The first-order valence-electron chi connectivity index (χ1n) is 13.4. The van der Waals surface area contributed by atoms with Gasteiger partial charge in [0, 0.05) is 22.2 Å². The number of nitrogens with one attached hydrogen (secondary N) is 3. The molecule has 3 amide bonds. The van der Waals surface area contributed by atoms with E-state index in [1.165, 1.54) is 47.4 Å². The van der Waals surface area contributed by atoms with Gasteiger partial charge in [-0.2, -0.15) is 0 Å². The number of nitro benzene ring substituents is 1. The Hall–Kier alpha value is -5.53. The van der Waals surface area contributed by atoms with E-state index in [9.17, 15) is 24.5 Å². The first-order valence-corrected chi connectivity index (χ1v) is 15.2. The number of thiazole rings is 1. The highest BCUT2D eigenvalue weighted by molar-refractivity contribution is 8.00. The number of nitro groups is 1. The number of anilines is 2. The molecule has 0 aliphatic carbocycles. The van der Waals surface area contributed by atoms with Gasteiger partial charge in [0.1, 0.15) is 11.4 Å². The largest absolute Gasteiger partial charge is 0.497 e. The van der Waals surface area contributed by atoms with Crippen LogP contribution < -0.4 is 20.7 Å². The minimum absolute atomic E-state index is 0.138. The van der Waals surface area contributed by atoms with Gasteiger partial charge in [0.15, 0.2) is 5.13 Å². The van der Waals surface area contributed by atoms with Crippen LogP contribution in [0.25, 0.3) is 16.3 Å². The highest BCUT2D eigenvalue weighted by atomic mass is 32.2. The van der Waals surface area contributed by atoms with Gasteiger partial charge >= 0.3 is 0 Å². The second kappa shape index (κ2) is 14.3. The minimum atomic E-state index is -0.675. The second-order valence-electron chi connectivity index (χ2n) is 9.36. The van der Waals surface area contributed by atoms with Crippen LogP contribution >= 0.6 is 23.1 Å². The summed E-state index contributed by atoms with van der Waals surface area (Å²) < 4.78 is 6.13. The van der Waals surface area contributed by atoms with Gasteiger partial charge in [-0.05, 0) is 66.7 Å². The fraction of sp³-hybridized carbons (Fsp3) is 0.0625. The fourth-order valence-corrected chi connectivity index (χ4v) is 5.71. The Bertz CT molecular complexity index is 1910. The van der Waals surface area contributed by atoms with Crippen molar-refractivity contribution in [3.63, 3.8) is 0 Å². The van der Waals surface area contributed by atoms with Crippen molar-refractivity contribution in [1.29, 1.82) is 0 Å². The van der Waals surface area contributed by atoms with E-state index in [0.717, 1.165) is 15.1 Å². The molecule has 45 heavy (non-hydrogen) atoms. The van der Waals surface area contributed by atoms with Gasteiger partial charge < -0.3 is 20.7 Å². The summed E-state index contributed by atoms with van der Waals surface area (Å²) in [6, 6.07) is 26.5. The average molecular weight is 640 g/mol. The molecular weight excluding hydrogens is 615 g/mol. The third-order valence-corrected chi connectivity index (χ3v) is 8.23. The first-order chi connectivity index (χ1) is 21.8. The van der Waals surface area contributed by atoms with E-state index in [1.54, 1.807) is 67.8 Å². The van der Waals surface area contributed by atoms with Crippen LogP contribution in [0.4, 0.5) is 16.5 Å². The molecule has 5 rings (SSSR count). The third kappa shape index (κ3) is 8.10. The van der Waals surface area contributed by atoms with Crippen molar-refractivity contribution in [2.24, 2.45) is 0 Å². The number of fused-ring (bicyclic) bond motifs is 1. The summed E-state index contributed by atoms with van der Waals surface area (Å²) in [5.41, 5.74) is 1.25. The molecule has 0 saturated heterocycles. The lowest BCUT2D eigenvalue weighted by Gasteiger charge is -2.12. The van der Waals surface area contributed by atoms with Gasteiger partial charge in [0.25, 0.3) is 17.5 Å². The maximum Gasteiger partial charge on any atom is 0.276 e. The lowest BCUT2D eigenvalue weighted by atomic mass is 10.1. The smallest absolute Gasteiger partial charge is 0.276 e. The van der Waals surface area contributed by atoms with Crippen LogP contribution in [0, 0.1) is 10.1 Å². The SMILES string of the molecule is COc1ccc2nc(NC(=O)CSc3ccc(NC(=O)/C(=C/c4ccccc4[N+](=O)[O-])NC(=O)c4ccccc4)cc3)sc2c1. The Morgan fingerprint density at radius 2 is 1.69 bits per heavy atom. The molecule has 0 unspecified atom stereocenters. The quantitative estimate of drug-likeness (QED) is 0.0654. The van der Waals surface area contributed by atoms with Crippen LogP contribution in [0.2, 0.25) is 0 Å². The summed E-state index contributed by atoms with van der Waals surface area (Å²) >= 11 is 2.66. The highest BCUT2D eigenvalue weighted by Gasteiger charge is 2.18. The van der Waals surface area contributed by atoms with Gasteiger partial charge in [-0.15, -0.1) is 11.8 Å². The number of ether oxygens (including phenoxy) is 1. The topological polar surface area (TPSA) is 153 Å². The third-order valence-electron chi connectivity index (χ3n) is 6.29. The molecule has 0 atom stereocenters. The number of aromatic nitrogens is 1. The molecule has 0 aliphatic rings. The number of hydrogen-bond donors (Lipinski definition) is 3. The number of carbonyl (C=O) groups excluding carboxylic acids is 3. The number of nitrogens with zero attached hydrogens (tertiary/aromatic N) is 2. The number of thioether (sulfide) groups is 1. The van der Waals surface area contributed by atoms with Gasteiger partial charge in [0.05, 0.1) is 33.6 Å². The molecule has 4 aromatic carbocycles.